The van der Waals surface area contributed by atoms with E-state index >= 15 is 0 Å². The maximum absolute atomic E-state index is 12.8. The van der Waals surface area contributed by atoms with Crippen LogP contribution in [0.3, 0.4) is 0 Å². The van der Waals surface area contributed by atoms with Gasteiger partial charge in [0.05, 0.1) is 33.4 Å². The second-order valence-electron chi connectivity index (χ2n) is 15.5. The van der Waals surface area contributed by atoms with E-state index in [2.05, 4.69) is 31.9 Å². The fourth-order valence-corrected chi connectivity index (χ4v) is 8.48. The fraction of sp³-hybridized carbons (Fsp3) is 0.283. The Morgan fingerprint density at radius 3 is 1.02 bits per heavy atom. The molecule has 6 amide bonds. The number of carbonyl (C=O) groups is 9. The Bertz CT molecular complexity index is 2250. The highest BCUT2D eigenvalue weighted by Crippen LogP contribution is 2.32. The maximum atomic E-state index is 12.8. The summed E-state index contributed by atoms with van der Waals surface area (Å²) in [5, 5.41) is 8.51. The molecule has 0 aliphatic carbocycles. The Morgan fingerprint density at radius 1 is 0.468 bits per heavy atom. The van der Waals surface area contributed by atoms with E-state index < -0.39 is 70.5 Å². The van der Waals surface area contributed by atoms with E-state index in [0.717, 1.165) is 20.3 Å². The fourth-order valence-electron chi connectivity index (χ4n) is 7.26. The first-order chi connectivity index (χ1) is 29.3. The third kappa shape index (κ3) is 9.36. The predicted octanol–water partition coefficient (Wildman–Crippen LogP) is 7.56. The van der Waals surface area contributed by atoms with Crippen molar-refractivity contribution < 1.29 is 53.0 Å². The third-order valence-corrected chi connectivity index (χ3v) is 11.4. The molecule has 0 spiro atoms. The van der Waals surface area contributed by atoms with Gasteiger partial charge in [-0.2, -0.15) is 0 Å². The number of amides is 6. The van der Waals surface area contributed by atoms with Crippen molar-refractivity contribution in [1.82, 2.24) is 14.7 Å². The molecule has 0 aromatic heterocycles. The van der Waals surface area contributed by atoms with Gasteiger partial charge >= 0.3 is 11.9 Å². The molecule has 3 heterocycles. The largest absolute Gasteiger partial charge is 0.480 e. The number of hydrogen-bond donors (Lipinski definition) is 1. The highest BCUT2D eigenvalue weighted by molar-refractivity contribution is 9.18. The molecule has 0 saturated heterocycles. The van der Waals surface area contributed by atoms with E-state index in [9.17, 15) is 48.3 Å². The average molecular weight is 974 g/mol. The number of nitrogens with zero attached hydrogens (tertiary/aromatic N) is 3. The van der Waals surface area contributed by atoms with Crippen LogP contribution in [0.25, 0.3) is 0 Å². The van der Waals surface area contributed by atoms with Gasteiger partial charge in [-0.1, -0.05) is 108 Å². The number of hydrogen-bond acceptors (Lipinski definition) is 10. The molecule has 0 saturated carbocycles. The van der Waals surface area contributed by atoms with E-state index in [-0.39, 0.29) is 33.6 Å². The number of imide groups is 3. The SMILES string of the molecule is CC(C)C(C(=O)O)N1C(=O)c2ccccc2C1=O.CC(C)[C@H](C(=O)Br)N1C(=O)c2ccccc2C1=O.CC(C)[C@H](C(=O)OC(Br)c1ccccc1)N1C(=O)c2ccccc2C1=O. The number of halogens is 2. The van der Waals surface area contributed by atoms with Gasteiger partial charge in [-0.25, -0.2) is 9.59 Å². The standard InChI is InChI=1S/C20H18BrNO4.C13H12BrNO3.C13H13NO4/c1-12(2)16(20(25)26-17(21)13-8-4-3-5-9-13)22-18(23)14-10-6-7-11-15(14)19(22)24;1-7(2)10(11(14)16)15-12(17)8-5-3-4-6-9(8)13(15)18;1-7(2)10(13(17)18)14-11(15)8-5-3-4-6-9(8)12(14)16/h3-12,16-17H,1-2H3;3-7,10H,1-2H3;3-7,10H,1-2H3,(H,17,18)/t16-,17?;10-;/m11./s1. The second kappa shape index (κ2) is 19.7. The zero-order valence-electron chi connectivity index (χ0n) is 34.5. The van der Waals surface area contributed by atoms with Crippen LogP contribution in [-0.2, 0) is 19.1 Å². The molecule has 3 aliphatic heterocycles. The molecule has 0 fully saturated rings. The Hall–Kier alpha value is -6.13. The second-order valence-corrected chi connectivity index (χ2v) is 17.1. The van der Waals surface area contributed by atoms with Crippen molar-refractivity contribution in [3.63, 3.8) is 0 Å². The van der Waals surface area contributed by atoms with Gasteiger partial charge in [-0.3, -0.25) is 48.3 Å². The van der Waals surface area contributed by atoms with Gasteiger partial charge in [-0.05, 0) is 86.0 Å². The van der Waals surface area contributed by atoms with Crippen LogP contribution in [0.1, 0.15) is 114 Å². The summed E-state index contributed by atoms with van der Waals surface area (Å²) in [5.41, 5.74) is 2.67. The molecular formula is C46H43Br2N3O11. The van der Waals surface area contributed by atoms with Crippen LogP contribution in [-0.4, -0.2) is 90.0 Å². The minimum Gasteiger partial charge on any atom is -0.480 e. The molecule has 14 nitrogen and oxygen atoms in total. The number of benzene rings is 4. The van der Waals surface area contributed by atoms with Gasteiger partial charge in [0.1, 0.15) is 18.1 Å². The first-order valence-corrected chi connectivity index (χ1v) is 21.2. The summed E-state index contributed by atoms with van der Waals surface area (Å²) in [5.74, 6) is -5.36. The number of aliphatic carboxylic acids is 1. The summed E-state index contributed by atoms with van der Waals surface area (Å²) in [6.45, 7) is 10.5. The van der Waals surface area contributed by atoms with Gasteiger partial charge in [0.2, 0.25) is 4.69 Å². The van der Waals surface area contributed by atoms with Gasteiger partial charge < -0.3 is 9.84 Å². The Morgan fingerprint density at radius 2 is 0.742 bits per heavy atom. The zero-order valence-corrected chi connectivity index (χ0v) is 37.7. The molecule has 16 heteroatoms. The van der Waals surface area contributed by atoms with Crippen molar-refractivity contribution in [2.75, 3.05) is 0 Å². The van der Waals surface area contributed by atoms with Gasteiger partial charge in [0.25, 0.3) is 35.4 Å². The normalized spacial score (nSPS) is 16.0. The highest BCUT2D eigenvalue weighted by Gasteiger charge is 2.46. The van der Waals surface area contributed by atoms with Crippen LogP contribution in [0, 0.1) is 17.8 Å². The number of carboxylic acid groups (broad SMARTS) is 1. The minimum absolute atomic E-state index is 0.140. The number of fused-ring (bicyclic) bond motifs is 3. The van der Waals surface area contributed by atoms with E-state index in [4.69, 9.17) is 4.74 Å². The Balaban J connectivity index is 0.000000181. The predicted molar refractivity (Wildman–Crippen MR) is 232 cm³/mol. The topological polar surface area (TPSA) is 193 Å². The van der Waals surface area contributed by atoms with E-state index in [1.165, 1.54) is 12.1 Å². The molecule has 4 atom stereocenters. The van der Waals surface area contributed by atoms with Gasteiger partial charge in [-0.15, -0.1) is 0 Å². The monoisotopic (exact) mass is 971 g/mol. The van der Waals surface area contributed by atoms with Crippen LogP contribution in [0.15, 0.2) is 103 Å². The van der Waals surface area contributed by atoms with Crippen molar-refractivity contribution in [2.24, 2.45) is 17.8 Å². The quantitative estimate of drug-likeness (QED) is 0.0675. The number of alkyl halides is 1. The summed E-state index contributed by atoms with van der Waals surface area (Å²) in [6.07, 6.45) is 0. The Labute approximate surface area is 374 Å². The molecule has 0 bridgehead atoms. The van der Waals surface area contributed by atoms with Crippen LogP contribution in [0.5, 0.6) is 0 Å². The summed E-state index contributed by atoms with van der Waals surface area (Å²) < 4.78 is 5.14. The number of carboxylic acids is 1. The third-order valence-electron chi connectivity index (χ3n) is 10.2. The summed E-state index contributed by atoms with van der Waals surface area (Å²) >= 11 is 6.21. The lowest BCUT2D eigenvalue weighted by Gasteiger charge is -2.28. The number of rotatable bonds is 11. The molecule has 322 valence electrons. The molecule has 0 radical (unpaired) electrons. The van der Waals surface area contributed by atoms with Crippen LogP contribution >= 0.6 is 31.9 Å². The van der Waals surface area contributed by atoms with Gasteiger partial charge in [0, 0.05) is 5.56 Å². The molecular weight excluding hydrogens is 930 g/mol. The number of esters is 1. The van der Waals surface area contributed by atoms with Gasteiger partial charge in [0.15, 0.2) is 5.01 Å². The maximum Gasteiger partial charge on any atom is 0.331 e. The molecule has 4 aromatic carbocycles. The Kier molecular flexibility index (Phi) is 14.9. The summed E-state index contributed by atoms with van der Waals surface area (Å²) in [7, 11) is 0. The van der Waals surface area contributed by atoms with Crippen molar-refractivity contribution in [1.29, 1.82) is 0 Å². The van der Waals surface area contributed by atoms with E-state index in [1.807, 2.05) is 30.3 Å². The van der Waals surface area contributed by atoms with E-state index in [1.54, 1.807) is 102 Å². The van der Waals surface area contributed by atoms with Crippen molar-refractivity contribution in [3.05, 3.63) is 142 Å². The molecule has 1 N–H and O–H groups in total. The van der Waals surface area contributed by atoms with Crippen molar-refractivity contribution in [2.45, 2.75) is 64.7 Å². The van der Waals surface area contributed by atoms with Crippen LogP contribution in [0.4, 0.5) is 0 Å². The lowest BCUT2D eigenvalue weighted by atomic mass is 10.0. The molecule has 62 heavy (non-hydrogen) atoms. The first kappa shape index (κ1) is 46.9. The molecule has 7 rings (SSSR count). The summed E-state index contributed by atoms with van der Waals surface area (Å²) in [4.78, 5) is 112. The number of carbonyl (C=O) groups excluding carboxylic acids is 8. The minimum atomic E-state index is -1.17. The lowest BCUT2D eigenvalue weighted by Crippen LogP contribution is -2.48. The highest BCUT2D eigenvalue weighted by atomic mass is 79.9. The van der Waals surface area contributed by atoms with Crippen LogP contribution < -0.4 is 0 Å². The lowest BCUT2D eigenvalue weighted by molar-refractivity contribution is -0.151. The van der Waals surface area contributed by atoms with E-state index in [0.29, 0.717) is 22.3 Å². The molecule has 3 aliphatic rings. The van der Waals surface area contributed by atoms with Crippen molar-refractivity contribution in [3.8, 4) is 0 Å². The van der Waals surface area contributed by atoms with Crippen LogP contribution in [0.2, 0.25) is 0 Å². The van der Waals surface area contributed by atoms with Crippen molar-refractivity contribution >= 4 is 83.9 Å². The average Bonchev–Trinajstić information content (AvgIpc) is 3.74. The summed E-state index contributed by atoms with van der Waals surface area (Å²) in [6, 6.07) is 25.8. The zero-order chi connectivity index (χ0) is 45.7. The first-order valence-electron chi connectivity index (χ1n) is 19.5. The molecule has 2 unspecified atom stereocenters. The smallest absolute Gasteiger partial charge is 0.331 e. The molecule has 4 aromatic rings. The number of ether oxygens (including phenoxy) is 1.